The van der Waals surface area contributed by atoms with E-state index in [-0.39, 0.29) is 18.2 Å². The summed E-state index contributed by atoms with van der Waals surface area (Å²) in [5.41, 5.74) is 16.1. The van der Waals surface area contributed by atoms with Crippen LogP contribution in [0.1, 0.15) is 17.2 Å². The number of anilines is 1. The molecular formula is C26H24FN5O3. The zero-order chi connectivity index (χ0) is 24.8. The van der Waals surface area contributed by atoms with Gasteiger partial charge in [0.25, 0.3) is 0 Å². The van der Waals surface area contributed by atoms with Gasteiger partial charge in [0.15, 0.2) is 6.10 Å². The molecule has 8 nitrogen and oxygen atoms in total. The van der Waals surface area contributed by atoms with E-state index in [1.807, 2.05) is 36.4 Å². The Morgan fingerprint density at radius 3 is 2.20 bits per heavy atom. The number of nitrogens with zero attached hydrogens (tertiary/aromatic N) is 3. The van der Waals surface area contributed by atoms with Crippen molar-refractivity contribution in [2.45, 2.75) is 18.6 Å². The number of hydrogen-bond donors (Lipinski definition) is 3. The number of benzene rings is 2. The van der Waals surface area contributed by atoms with E-state index >= 15 is 0 Å². The maximum absolute atomic E-state index is 13.9. The van der Waals surface area contributed by atoms with Gasteiger partial charge in [-0.05, 0) is 40.8 Å². The minimum absolute atomic E-state index is 0.0138. The van der Waals surface area contributed by atoms with Crippen molar-refractivity contribution in [3.05, 3.63) is 90.3 Å². The Labute approximate surface area is 201 Å². The number of pyridine rings is 1. The molecule has 2 aromatic carbocycles. The molecular weight excluding hydrogens is 449 g/mol. The molecule has 2 aromatic heterocycles. The summed E-state index contributed by atoms with van der Waals surface area (Å²) in [4.78, 5) is 23.3. The van der Waals surface area contributed by atoms with Crippen LogP contribution >= 0.6 is 0 Å². The van der Waals surface area contributed by atoms with Gasteiger partial charge in [-0.15, -0.1) is 0 Å². The zero-order valence-electron chi connectivity index (χ0n) is 18.7. The Kier molecular flexibility index (Phi) is 7.27. The van der Waals surface area contributed by atoms with Crippen molar-refractivity contribution < 1.29 is 19.0 Å². The SMILES string of the molecule is Nc1nc(OC(CF)c2ccc(-c3ccncc3)cc2)cc(-c2ccc(C[C@H](N)C(=O)O)cc2)n1. The summed E-state index contributed by atoms with van der Waals surface area (Å²) >= 11 is 0. The summed E-state index contributed by atoms with van der Waals surface area (Å²) in [6, 6.07) is 18.9. The van der Waals surface area contributed by atoms with Crippen molar-refractivity contribution in [2.75, 3.05) is 12.4 Å². The summed E-state index contributed by atoms with van der Waals surface area (Å²) in [5, 5.41) is 8.98. The highest BCUT2D eigenvalue weighted by atomic mass is 19.1. The van der Waals surface area contributed by atoms with Crippen LogP contribution in [0.5, 0.6) is 5.88 Å². The van der Waals surface area contributed by atoms with E-state index in [2.05, 4.69) is 15.0 Å². The lowest BCUT2D eigenvalue weighted by molar-refractivity contribution is -0.138. The molecule has 35 heavy (non-hydrogen) atoms. The maximum atomic E-state index is 13.9. The number of hydrogen-bond acceptors (Lipinski definition) is 7. The fourth-order valence-electron chi connectivity index (χ4n) is 3.57. The van der Waals surface area contributed by atoms with Gasteiger partial charge in [-0.2, -0.15) is 4.98 Å². The lowest BCUT2D eigenvalue weighted by Gasteiger charge is -2.17. The van der Waals surface area contributed by atoms with Crippen LogP contribution in [0.3, 0.4) is 0 Å². The highest BCUT2D eigenvalue weighted by Crippen LogP contribution is 2.28. The third-order valence-electron chi connectivity index (χ3n) is 5.44. The second-order valence-electron chi connectivity index (χ2n) is 7.91. The average molecular weight is 474 g/mol. The molecule has 0 saturated heterocycles. The number of carboxylic acids is 1. The average Bonchev–Trinajstić information content (AvgIpc) is 2.88. The second-order valence-corrected chi connectivity index (χ2v) is 7.91. The minimum atomic E-state index is -1.06. The van der Waals surface area contributed by atoms with Crippen LogP contribution in [0, 0.1) is 0 Å². The van der Waals surface area contributed by atoms with Gasteiger partial charge in [-0.25, -0.2) is 9.37 Å². The Hall–Kier alpha value is -4.37. The number of ether oxygens (including phenoxy) is 1. The zero-order valence-corrected chi connectivity index (χ0v) is 18.7. The number of alkyl halides is 1. The van der Waals surface area contributed by atoms with E-state index in [1.54, 1.807) is 42.7 Å². The molecule has 178 valence electrons. The lowest BCUT2D eigenvalue weighted by Crippen LogP contribution is -2.32. The molecule has 4 aromatic rings. The normalized spacial score (nSPS) is 12.6. The van der Waals surface area contributed by atoms with Crippen LogP contribution in [0.15, 0.2) is 79.1 Å². The molecule has 0 spiro atoms. The van der Waals surface area contributed by atoms with Crippen LogP contribution in [0.4, 0.5) is 10.3 Å². The van der Waals surface area contributed by atoms with Crippen molar-refractivity contribution in [1.29, 1.82) is 0 Å². The lowest BCUT2D eigenvalue weighted by atomic mass is 10.0. The number of rotatable bonds is 9. The minimum Gasteiger partial charge on any atom is -0.480 e. The highest BCUT2D eigenvalue weighted by molar-refractivity contribution is 5.73. The quantitative estimate of drug-likeness (QED) is 0.333. The molecule has 0 saturated carbocycles. The number of halogens is 1. The summed E-state index contributed by atoms with van der Waals surface area (Å²) in [6.45, 7) is -0.758. The number of nitrogen functional groups attached to an aromatic ring is 1. The van der Waals surface area contributed by atoms with Crippen molar-refractivity contribution in [1.82, 2.24) is 15.0 Å². The summed E-state index contributed by atoms with van der Waals surface area (Å²) in [5.74, 6) is -0.931. The molecule has 1 unspecified atom stereocenters. The third-order valence-corrected chi connectivity index (χ3v) is 5.44. The number of aliphatic carboxylic acids is 1. The van der Waals surface area contributed by atoms with Crippen LogP contribution in [-0.2, 0) is 11.2 Å². The predicted octanol–water partition coefficient (Wildman–Crippen LogP) is 3.83. The van der Waals surface area contributed by atoms with Gasteiger partial charge >= 0.3 is 5.97 Å². The molecule has 9 heteroatoms. The Morgan fingerprint density at radius 1 is 0.943 bits per heavy atom. The standard InChI is InChI=1S/C26H24FN5O3/c27-15-23(20-7-5-17(6-8-20)18-9-11-30-12-10-18)35-24-14-22(31-26(29)32-24)19-3-1-16(2-4-19)13-21(28)25(33)34/h1-12,14,21,23H,13,15,28H2,(H,33,34)(H2,29,31,32)/t21-,23?/m0/s1. The largest absolute Gasteiger partial charge is 0.480 e. The monoisotopic (exact) mass is 473 g/mol. The van der Waals surface area contributed by atoms with Crippen molar-refractivity contribution in [3.63, 3.8) is 0 Å². The van der Waals surface area contributed by atoms with E-state index in [4.69, 9.17) is 21.3 Å². The summed E-state index contributed by atoms with van der Waals surface area (Å²) in [6.07, 6.45) is 2.76. The molecule has 4 rings (SSSR count). The first-order valence-electron chi connectivity index (χ1n) is 10.9. The highest BCUT2D eigenvalue weighted by Gasteiger charge is 2.17. The Bertz CT molecular complexity index is 1280. The first-order valence-corrected chi connectivity index (χ1v) is 10.9. The molecule has 0 radical (unpaired) electrons. The molecule has 0 fully saturated rings. The Morgan fingerprint density at radius 2 is 1.57 bits per heavy atom. The predicted molar refractivity (Wildman–Crippen MR) is 130 cm³/mol. The number of carbonyl (C=O) groups is 1. The van der Waals surface area contributed by atoms with E-state index in [0.29, 0.717) is 11.3 Å². The van der Waals surface area contributed by atoms with Gasteiger partial charge in [-0.3, -0.25) is 9.78 Å². The van der Waals surface area contributed by atoms with Gasteiger partial charge in [0.1, 0.15) is 12.7 Å². The van der Waals surface area contributed by atoms with Crippen molar-refractivity contribution >= 4 is 11.9 Å². The molecule has 2 heterocycles. The van der Waals surface area contributed by atoms with Crippen molar-refractivity contribution in [2.24, 2.45) is 5.73 Å². The Balaban J connectivity index is 1.51. The molecule has 5 N–H and O–H groups in total. The van der Waals surface area contributed by atoms with E-state index < -0.39 is 24.8 Å². The van der Waals surface area contributed by atoms with Gasteiger partial charge in [0.2, 0.25) is 11.8 Å². The molecule has 0 aliphatic carbocycles. The number of nitrogens with two attached hydrogens (primary N) is 2. The molecule has 0 aliphatic rings. The van der Waals surface area contributed by atoms with Gasteiger partial charge in [0.05, 0.1) is 5.69 Å². The summed E-state index contributed by atoms with van der Waals surface area (Å²) < 4.78 is 19.8. The summed E-state index contributed by atoms with van der Waals surface area (Å²) in [7, 11) is 0. The number of aromatic nitrogens is 3. The topological polar surface area (TPSA) is 137 Å². The smallest absolute Gasteiger partial charge is 0.320 e. The fourth-order valence-corrected chi connectivity index (χ4v) is 3.57. The molecule has 2 atom stereocenters. The van der Waals surface area contributed by atoms with Crippen LogP contribution in [-0.4, -0.2) is 38.7 Å². The third kappa shape index (κ3) is 5.96. The van der Waals surface area contributed by atoms with E-state index in [9.17, 15) is 9.18 Å². The van der Waals surface area contributed by atoms with Crippen molar-refractivity contribution in [3.8, 4) is 28.3 Å². The first-order chi connectivity index (χ1) is 16.9. The van der Waals surface area contributed by atoms with E-state index in [0.717, 1.165) is 22.3 Å². The van der Waals surface area contributed by atoms with Gasteiger partial charge in [-0.1, -0.05) is 48.5 Å². The number of carboxylic acid groups (broad SMARTS) is 1. The van der Waals surface area contributed by atoms with Gasteiger partial charge in [0, 0.05) is 24.0 Å². The second kappa shape index (κ2) is 10.7. The molecule has 0 aliphatic heterocycles. The molecule has 0 bridgehead atoms. The fraction of sp³-hybridized carbons (Fsp3) is 0.154. The van der Waals surface area contributed by atoms with E-state index in [1.165, 1.54) is 0 Å². The van der Waals surface area contributed by atoms with Crippen LogP contribution in [0.2, 0.25) is 0 Å². The maximum Gasteiger partial charge on any atom is 0.320 e. The van der Waals surface area contributed by atoms with Crippen LogP contribution < -0.4 is 16.2 Å². The first kappa shape index (κ1) is 23.8. The van der Waals surface area contributed by atoms with Crippen LogP contribution in [0.25, 0.3) is 22.4 Å². The van der Waals surface area contributed by atoms with Gasteiger partial charge < -0.3 is 21.3 Å². The molecule has 0 amide bonds.